The van der Waals surface area contributed by atoms with Gasteiger partial charge in [0.15, 0.2) is 0 Å². The Morgan fingerprint density at radius 2 is 1.68 bits per heavy atom. The maximum Gasteiger partial charge on any atom is 0.255 e. The summed E-state index contributed by atoms with van der Waals surface area (Å²) in [7, 11) is 3.90. The Bertz CT molecular complexity index is 925. The number of amides is 2. The quantitative estimate of drug-likeness (QED) is 0.632. The van der Waals surface area contributed by atoms with Crippen LogP contribution in [-0.4, -0.2) is 36.9 Å². The summed E-state index contributed by atoms with van der Waals surface area (Å²) in [4.78, 5) is 29.4. The molecule has 0 heterocycles. The van der Waals surface area contributed by atoms with Crippen LogP contribution in [-0.2, 0) is 11.3 Å². The second-order valence-corrected chi connectivity index (χ2v) is 8.81. The molecule has 0 radical (unpaired) electrons. The van der Waals surface area contributed by atoms with Crippen LogP contribution in [0.5, 0.6) is 0 Å². The summed E-state index contributed by atoms with van der Waals surface area (Å²) >= 11 is 0. The first-order valence-electron chi connectivity index (χ1n) is 10.7. The summed E-state index contributed by atoms with van der Waals surface area (Å²) in [5.41, 5.74) is 2.76. The molecule has 0 saturated heterocycles. The van der Waals surface area contributed by atoms with Crippen LogP contribution >= 0.6 is 0 Å². The number of anilines is 2. The smallest absolute Gasteiger partial charge is 0.255 e. The summed E-state index contributed by atoms with van der Waals surface area (Å²) in [5.74, 6) is -0.545. The molecule has 0 fully saturated rings. The third-order valence-electron chi connectivity index (χ3n) is 5.48. The predicted molar refractivity (Wildman–Crippen MR) is 125 cm³/mol. The lowest BCUT2D eigenvalue weighted by Gasteiger charge is -2.34. The fraction of sp³-hybridized carbons (Fsp3) is 0.440. The highest BCUT2D eigenvalue weighted by Gasteiger charge is 2.26. The molecule has 1 atom stereocenters. The Balaban J connectivity index is 2.38. The zero-order chi connectivity index (χ0) is 23.3. The lowest BCUT2D eigenvalue weighted by Crippen LogP contribution is -2.43. The van der Waals surface area contributed by atoms with Crippen LogP contribution in [0.15, 0.2) is 42.5 Å². The highest BCUT2D eigenvalue weighted by atomic mass is 19.1. The molecule has 5 nitrogen and oxygen atoms in total. The molecule has 0 aliphatic heterocycles. The first-order valence-corrected chi connectivity index (χ1v) is 10.7. The maximum absolute atomic E-state index is 13.5. The highest BCUT2D eigenvalue weighted by Crippen LogP contribution is 2.27. The van der Waals surface area contributed by atoms with Gasteiger partial charge in [-0.15, -0.1) is 0 Å². The molecular formula is C25H34FN3O2. The van der Waals surface area contributed by atoms with E-state index in [9.17, 15) is 14.0 Å². The van der Waals surface area contributed by atoms with Gasteiger partial charge < -0.3 is 15.1 Å². The van der Waals surface area contributed by atoms with Gasteiger partial charge in [-0.1, -0.05) is 33.8 Å². The minimum absolute atomic E-state index is 0.0652. The summed E-state index contributed by atoms with van der Waals surface area (Å²) in [6, 6.07) is 11.3. The molecule has 0 saturated carbocycles. The summed E-state index contributed by atoms with van der Waals surface area (Å²) in [6.45, 7) is 10.5. The molecule has 0 aliphatic rings. The molecule has 2 rings (SSSR count). The molecule has 2 aromatic rings. The van der Waals surface area contributed by atoms with Crippen LogP contribution in [0, 0.1) is 17.7 Å². The normalized spacial score (nSPS) is 12.1. The average molecular weight is 428 g/mol. The monoisotopic (exact) mass is 427 g/mol. The Morgan fingerprint density at radius 3 is 2.23 bits per heavy atom. The summed E-state index contributed by atoms with van der Waals surface area (Å²) in [5, 5.41) is 2.84. The van der Waals surface area contributed by atoms with E-state index in [4.69, 9.17) is 0 Å². The Kier molecular flexibility index (Phi) is 8.20. The van der Waals surface area contributed by atoms with Crippen LogP contribution in [0.1, 0.15) is 50.5 Å². The average Bonchev–Trinajstić information content (AvgIpc) is 2.70. The minimum atomic E-state index is -0.457. The third-order valence-corrected chi connectivity index (χ3v) is 5.48. The van der Waals surface area contributed by atoms with Gasteiger partial charge in [0.2, 0.25) is 5.91 Å². The molecule has 0 aromatic heterocycles. The van der Waals surface area contributed by atoms with Crippen molar-refractivity contribution in [1.29, 1.82) is 0 Å². The number of rotatable bonds is 8. The molecular weight excluding hydrogens is 393 g/mol. The van der Waals surface area contributed by atoms with Gasteiger partial charge >= 0.3 is 0 Å². The molecule has 168 valence electrons. The van der Waals surface area contributed by atoms with Crippen molar-refractivity contribution in [2.24, 2.45) is 11.8 Å². The van der Waals surface area contributed by atoms with Gasteiger partial charge in [-0.05, 0) is 54.8 Å². The molecule has 2 amide bonds. The molecule has 1 N–H and O–H groups in total. The van der Waals surface area contributed by atoms with Crippen molar-refractivity contribution in [3.63, 3.8) is 0 Å². The first-order chi connectivity index (χ1) is 14.5. The van der Waals surface area contributed by atoms with Crippen molar-refractivity contribution in [3.8, 4) is 0 Å². The Morgan fingerprint density at radius 1 is 1.00 bits per heavy atom. The largest absolute Gasteiger partial charge is 0.377 e. The number of hydrogen-bond acceptors (Lipinski definition) is 3. The number of carbonyl (C=O) groups is 2. The van der Waals surface area contributed by atoms with Crippen LogP contribution in [0.4, 0.5) is 15.8 Å². The molecule has 0 aliphatic carbocycles. The van der Waals surface area contributed by atoms with E-state index < -0.39 is 5.82 Å². The van der Waals surface area contributed by atoms with Gasteiger partial charge in [0.25, 0.3) is 5.91 Å². The van der Waals surface area contributed by atoms with E-state index in [-0.39, 0.29) is 29.3 Å². The van der Waals surface area contributed by atoms with Gasteiger partial charge in [-0.3, -0.25) is 9.59 Å². The van der Waals surface area contributed by atoms with Crippen LogP contribution in [0.25, 0.3) is 0 Å². The zero-order valence-electron chi connectivity index (χ0n) is 19.6. The van der Waals surface area contributed by atoms with Crippen molar-refractivity contribution in [2.75, 3.05) is 24.3 Å². The number of hydrogen-bond donors (Lipinski definition) is 1. The van der Waals surface area contributed by atoms with Crippen molar-refractivity contribution >= 4 is 23.2 Å². The van der Waals surface area contributed by atoms with Gasteiger partial charge in [0, 0.05) is 49.5 Å². The second kappa shape index (κ2) is 10.4. The molecule has 0 spiro atoms. The standard InChI is InChI=1S/C25H34FN3O2/c1-16(2)18(5)29(25(31)17(3)4)15-20-14-22(11-12-23(20)28(6)7)27-24(30)19-9-8-10-21(26)13-19/h8-14,16-18H,15H2,1-7H3,(H,27,30). The van der Waals surface area contributed by atoms with Crippen LogP contribution < -0.4 is 10.2 Å². The van der Waals surface area contributed by atoms with E-state index in [1.807, 2.05) is 55.9 Å². The van der Waals surface area contributed by atoms with E-state index in [2.05, 4.69) is 26.1 Å². The van der Waals surface area contributed by atoms with Crippen molar-refractivity contribution < 1.29 is 14.0 Å². The topological polar surface area (TPSA) is 52.7 Å². The van der Waals surface area contributed by atoms with E-state index in [0.29, 0.717) is 18.2 Å². The van der Waals surface area contributed by atoms with Crippen LogP contribution in [0.2, 0.25) is 0 Å². The lowest BCUT2D eigenvalue weighted by atomic mass is 10.0. The number of benzene rings is 2. The number of halogens is 1. The van der Waals surface area contributed by atoms with E-state index >= 15 is 0 Å². The maximum atomic E-state index is 13.5. The third kappa shape index (κ3) is 6.29. The predicted octanol–water partition coefficient (Wildman–Crippen LogP) is 5.17. The molecule has 31 heavy (non-hydrogen) atoms. The van der Waals surface area contributed by atoms with Crippen molar-refractivity contribution in [2.45, 2.75) is 47.2 Å². The highest BCUT2D eigenvalue weighted by molar-refractivity contribution is 6.04. The lowest BCUT2D eigenvalue weighted by molar-refractivity contribution is -0.138. The van der Waals surface area contributed by atoms with Gasteiger partial charge in [0.05, 0.1) is 0 Å². The van der Waals surface area contributed by atoms with Gasteiger partial charge in [-0.2, -0.15) is 0 Å². The van der Waals surface area contributed by atoms with E-state index in [0.717, 1.165) is 11.3 Å². The fourth-order valence-electron chi connectivity index (χ4n) is 3.36. The molecule has 6 heteroatoms. The fourth-order valence-corrected chi connectivity index (χ4v) is 3.36. The van der Waals surface area contributed by atoms with Crippen molar-refractivity contribution in [3.05, 3.63) is 59.4 Å². The SMILES string of the molecule is CC(C)C(=O)N(Cc1cc(NC(=O)c2cccc(F)c2)ccc1N(C)C)C(C)C(C)C. The minimum Gasteiger partial charge on any atom is -0.377 e. The summed E-state index contributed by atoms with van der Waals surface area (Å²) in [6.07, 6.45) is 0. The Labute approximate surface area is 185 Å². The molecule has 2 aromatic carbocycles. The zero-order valence-corrected chi connectivity index (χ0v) is 19.6. The summed E-state index contributed by atoms with van der Waals surface area (Å²) < 4.78 is 13.5. The number of carbonyl (C=O) groups excluding carboxylic acids is 2. The van der Waals surface area contributed by atoms with Crippen molar-refractivity contribution in [1.82, 2.24) is 4.90 Å². The Hall–Kier alpha value is -2.89. The van der Waals surface area contributed by atoms with Crippen LogP contribution in [0.3, 0.4) is 0 Å². The van der Waals surface area contributed by atoms with E-state index in [1.165, 1.54) is 18.2 Å². The second-order valence-electron chi connectivity index (χ2n) is 8.81. The number of nitrogens with one attached hydrogen (secondary N) is 1. The molecule has 0 bridgehead atoms. The molecule has 1 unspecified atom stereocenters. The van der Waals surface area contributed by atoms with E-state index in [1.54, 1.807) is 6.07 Å². The number of nitrogens with zero attached hydrogens (tertiary/aromatic N) is 2. The van der Waals surface area contributed by atoms with Gasteiger partial charge in [0.1, 0.15) is 5.82 Å². The van der Waals surface area contributed by atoms with Gasteiger partial charge in [-0.25, -0.2) is 4.39 Å². The first kappa shape index (κ1) is 24.4.